The summed E-state index contributed by atoms with van der Waals surface area (Å²) in [6, 6.07) is 8.62. The molecule has 2 saturated heterocycles. The number of hydrogen-bond donors (Lipinski definition) is 1. The summed E-state index contributed by atoms with van der Waals surface area (Å²) in [7, 11) is -1.80. The number of imide groups is 1. The molecular weight excluding hydrogens is 506 g/mol. The monoisotopic (exact) mass is 531 g/mol. The predicted molar refractivity (Wildman–Crippen MR) is 131 cm³/mol. The number of aryl methyl sites for hydroxylation is 1. The first-order chi connectivity index (χ1) is 17.3. The summed E-state index contributed by atoms with van der Waals surface area (Å²) >= 11 is 1.17. The molecule has 1 N–H and O–H groups in total. The molecule has 0 radical (unpaired) electrons. The highest BCUT2D eigenvalue weighted by Crippen LogP contribution is 2.34. The van der Waals surface area contributed by atoms with Crippen molar-refractivity contribution in [1.82, 2.24) is 24.3 Å². The van der Waals surface area contributed by atoms with E-state index in [9.17, 15) is 22.8 Å². The van der Waals surface area contributed by atoms with Gasteiger partial charge in [-0.25, -0.2) is 8.42 Å². The molecule has 1 unspecified atom stereocenters. The second-order valence-electron chi connectivity index (χ2n) is 8.67. The minimum absolute atomic E-state index is 0.213. The van der Waals surface area contributed by atoms with Gasteiger partial charge in [0.2, 0.25) is 11.8 Å². The van der Waals surface area contributed by atoms with E-state index in [1.165, 1.54) is 15.6 Å². The van der Waals surface area contributed by atoms with E-state index in [0.717, 1.165) is 5.39 Å². The van der Waals surface area contributed by atoms with Gasteiger partial charge in [0.15, 0.2) is 6.61 Å². The molecule has 3 amide bonds. The number of nitrogens with zero attached hydrogens (tertiary/aromatic N) is 4. The standard InChI is InChI=1S/C23H25N5O6S2/c1-26-22-15(21(25-26)16-7-8-18(29)24-23(16)31)4-2-5-17(22)34-14-19(30)27-9-11-28(12-10-27)36(32,33)20-6-3-13-35-20/h2-6,13,16H,7-12,14H2,1H3,(H,24,29,31). The molecule has 1 aromatic carbocycles. The zero-order valence-electron chi connectivity index (χ0n) is 19.5. The Morgan fingerprint density at radius 2 is 1.94 bits per heavy atom. The lowest BCUT2D eigenvalue weighted by molar-refractivity contribution is -0.135. The van der Waals surface area contributed by atoms with Crippen LogP contribution in [0.4, 0.5) is 0 Å². The summed E-state index contributed by atoms with van der Waals surface area (Å²) in [5.74, 6) is -0.983. The fourth-order valence-electron chi connectivity index (χ4n) is 4.60. The summed E-state index contributed by atoms with van der Waals surface area (Å²) in [5.41, 5.74) is 1.22. The number of piperidine rings is 1. The van der Waals surface area contributed by atoms with Crippen LogP contribution < -0.4 is 10.1 Å². The van der Waals surface area contributed by atoms with E-state index in [4.69, 9.17) is 4.74 Å². The molecule has 11 nitrogen and oxygen atoms in total. The lowest BCUT2D eigenvalue weighted by Crippen LogP contribution is -2.51. The van der Waals surface area contributed by atoms with Crippen molar-refractivity contribution in [2.45, 2.75) is 23.0 Å². The zero-order chi connectivity index (χ0) is 25.4. The SMILES string of the molecule is Cn1nc(C2CCC(=O)NC2=O)c2cccc(OCC(=O)N3CCN(S(=O)(=O)c4cccs4)CC3)c21. The van der Waals surface area contributed by atoms with Crippen LogP contribution in [0.1, 0.15) is 24.5 Å². The molecular formula is C23H25N5O6S2. The first-order valence-electron chi connectivity index (χ1n) is 11.5. The Balaban J connectivity index is 1.25. The van der Waals surface area contributed by atoms with Crippen molar-refractivity contribution in [3.05, 3.63) is 41.4 Å². The van der Waals surface area contributed by atoms with Crippen LogP contribution in [0.25, 0.3) is 10.9 Å². The Morgan fingerprint density at radius 3 is 2.64 bits per heavy atom. The number of ether oxygens (including phenoxy) is 1. The van der Waals surface area contributed by atoms with Crippen LogP contribution in [0.15, 0.2) is 39.9 Å². The number of fused-ring (bicyclic) bond motifs is 1. The molecule has 3 aromatic rings. The number of carbonyl (C=O) groups excluding carboxylic acids is 3. The Kier molecular flexibility index (Phi) is 6.53. The van der Waals surface area contributed by atoms with E-state index in [2.05, 4.69) is 10.4 Å². The molecule has 4 heterocycles. The van der Waals surface area contributed by atoms with Crippen molar-refractivity contribution < 1.29 is 27.5 Å². The molecule has 5 rings (SSSR count). The average molecular weight is 532 g/mol. The minimum atomic E-state index is -3.54. The lowest BCUT2D eigenvalue weighted by Gasteiger charge is -2.33. The molecule has 2 aromatic heterocycles. The van der Waals surface area contributed by atoms with Crippen LogP contribution in [0.2, 0.25) is 0 Å². The summed E-state index contributed by atoms with van der Waals surface area (Å²) in [6.45, 7) is 0.789. The van der Waals surface area contributed by atoms with E-state index in [-0.39, 0.29) is 56.9 Å². The number of sulfonamides is 1. The number of rotatable bonds is 6. The topological polar surface area (TPSA) is 131 Å². The Labute approximate surface area is 211 Å². The molecule has 13 heteroatoms. The number of nitrogens with one attached hydrogen (secondary N) is 1. The fourth-order valence-corrected chi connectivity index (χ4v) is 7.17. The number of benzene rings is 1. The van der Waals surface area contributed by atoms with E-state index >= 15 is 0 Å². The highest BCUT2D eigenvalue weighted by atomic mass is 32.2. The van der Waals surface area contributed by atoms with Gasteiger partial charge in [0.1, 0.15) is 15.5 Å². The maximum Gasteiger partial charge on any atom is 0.260 e. The Morgan fingerprint density at radius 1 is 1.17 bits per heavy atom. The number of para-hydroxylation sites is 1. The van der Waals surface area contributed by atoms with Crippen molar-refractivity contribution in [3.8, 4) is 5.75 Å². The summed E-state index contributed by atoms with van der Waals surface area (Å²) < 4.78 is 34.6. The van der Waals surface area contributed by atoms with Crippen LogP contribution in [-0.2, 0) is 31.5 Å². The van der Waals surface area contributed by atoms with E-state index in [1.54, 1.807) is 46.3 Å². The number of piperazine rings is 1. The summed E-state index contributed by atoms with van der Waals surface area (Å²) in [6.07, 6.45) is 0.635. The number of amides is 3. The largest absolute Gasteiger partial charge is 0.481 e. The molecule has 36 heavy (non-hydrogen) atoms. The van der Waals surface area contributed by atoms with E-state index in [1.807, 2.05) is 6.07 Å². The minimum Gasteiger partial charge on any atom is -0.481 e. The lowest BCUT2D eigenvalue weighted by atomic mass is 9.93. The molecule has 0 spiro atoms. The van der Waals surface area contributed by atoms with Crippen molar-refractivity contribution in [3.63, 3.8) is 0 Å². The van der Waals surface area contributed by atoms with E-state index < -0.39 is 15.9 Å². The van der Waals surface area contributed by atoms with Crippen molar-refractivity contribution in [2.75, 3.05) is 32.8 Å². The van der Waals surface area contributed by atoms with Crippen LogP contribution in [0.5, 0.6) is 5.75 Å². The second-order valence-corrected chi connectivity index (χ2v) is 11.8. The third-order valence-corrected chi connectivity index (χ3v) is 9.73. The second kappa shape index (κ2) is 9.64. The predicted octanol–water partition coefficient (Wildman–Crippen LogP) is 1.07. The Bertz CT molecular complexity index is 1420. The number of carbonyl (C=O) groups is 3. The maximum absolute atomic E-state index is 12.8. The maximum atomic E-state index is 12.8. The van der Waals surface area contributed by atoms with Crippen LogP contribution >= 0.6 is 11.3 Å². The molecule has 2 fully saturated rings. The molecule has 0 saturated carbocycles. The highest BCUT2D eigenvalue weighted by molar-refractivity contribution is 7.91. The number of aromatic nitrogens is 2. The van der Waals surface area contributed by atoms with Crippen LogP contribution in [0.3, 0.4) is 0 Å². The van der Waals surface area contributed by atoms with Gasteiger partial charge < -0.3 is 9.64 Å². The molecule has 2 aliphatic rings. The molecule has 190 valence electrons. The molecule has 0 bridgehead atoms. The third kappa shape index (κ3) is 4.49. The van der Waals surface area contributed by atoms with Crippen LogP contribution in [0, 0.1) is 0 Å². The number of hydrogen-bond acceptors (Lipinski definition) is 8. The third-order valence-electron chi connectivity index (χ3n) is 6.46. The van der Waals surface area contributed by atoms with Gasteiger partial charge in [-0.2, -0.15) is 9.40 Å². The molecule has 0 aliphatic carbocycles. The molecule has 1 atom stereocenters. The summed E-state index contributed by atoms with van der Waals surface area (Å²) in [5, 5.41) is 9.34. The zero-order valence-corrected chi connectivity index (χ0v) is 21.2. The van der Waals surface area contributed by atoms with Crippen molar-refractivity contribution >= 4 is 50.0 Å². The smallest absolute Gasteiger partial charge is 0.260 e. The van der Waals surface area contributed by atoms with Gasteiger partial charge in [-0.1, -0.05) is 18.2 Å². The van der Waals surface area contributed by atoms with Gasteiger partial charge in [0.25, 0.3) is 15.9 Å². The van der Waals surface area contributed by atoms with Gasteiger partial charge in [-0.05, 0) is 23.9 Å². The first kappa shape index (κ1) is 24.4. The van der Waals surface area contributed by atoms with Crippen molar-refractivity contribution in [1.29, 1.82) is 0 Å². The summed E-state index contributed by atoms with van der Waals surface area (Å²) in [4.78, 5) is 38.3. The van der Waals surface area contributed by atoms with Gasteiger partial charge in [-0.15, -0.1) is 11.3 Å². The average Bonchev–Trinajstić information content (AvgIpc) is 3.52. The Hall–Kier alpha value is -3.29. The normalized spacial score (nSPS) is 19.5. The van der Waals surface area contributed by atoms with Crippen molar-refractivity contribution in [2.24, 2.45) is 7.05 Å². The van der Waals surface area contributed by atoms with Gasteiger partial charge in [0.05, 0.1) is 11.6 Å². The highest BCUT2D eigenvalue weighted by Gasteiger charge is 2.33. The van der Waals surface area contributed by atoms with Crippen LogP contribution in [-0.4, -0.2) is 77.9 Å². The van der Waals surface area contributed by atoms with E-state index in [0.29, 0.717) is 27.6 Å². The van der Waals surface area contributed by atoms with Gasteiger partial charge in [-0.3, -0.25) is 24.4 Å². The molecule has 2 aliphatic heterocycles. The fraction of sp³-hybridized carbons (Fsp3) is 0.391. The number of thiophene rings is 1. The van der Waals surface area contributed by atoms with Gasteiger partial charge >= 0.3 is 0 Å². The first-order valence-corrected chi connectivity index (χ1v) is 13.8. The quantitative estimate of drug-likeness (QED) is 0.471. The van der Waals surface area contributed by atoms with Gasteiger partial charge in [0, 0.05) is 45.0 Å².